The lowest BCUT2D eigenvalue weighted by atomic mass is 9.94. The third-order valence-electron chi connectivity index (χ3n) is 6.92. The first-order valence-electron chi connectivity index (χ1n) is 10.8. The topological polar surface area (TPSA) is 131 Å². The molecule has 1 saturated heterocycles. The van der Waals surface area contributed by atoms with E-state index in [1.165, 1.54) is 12.4 Å². The van der Waals surface area contributed by atoms with Gasteiger partial charge in [-0.1, -0.05) is 6.07 Å². The molecule has 9 nitrogen and oxygen atoms in total. The summed E-state index contributed by atoms with van der Waals surface area (Å²) < 4.78 is 21.7. The average Bonchev–Trinajstić information content (AvgIpc) is 3.42. The minimum atomic E-state index is -1.40. The maximum Gasteiger partial charge on any atom is 0.165 e. The van der Waals surface area contributed by atoms with Crippen molar-refractivity contribution in [3.05, 3.63) is 54.4 Å². The van der Waals surface area contributed by atoms with Crippen LogP contribution in [0.4, 0.5) is 15.9 Å². The second kappa shape index (κ2) is 7.08. The van der Waals surface area contributed by atoms with Gasteiger partial charge in [-0.15, -0.1) is 0 Å². The zero-order chi connectivity index (χ0) is 22.9. The van der Waals surface area contributed by atoms with Crippen molar-refractivity contribution < 1.29 is 19.3 Å². The lowest BCUT2D eigenvalue weighted by molar-refractivity contribution is -0.0641. The summed E-state index contributed by atoms with van der Waals surface area (Å²) >= 11 is 0. The number of aryl methyl sites for hydroxylation is 1. The highest BCUT2D eigenvalue weighted by Gasteiger charge is 2.61. The average molecular weight is 450 g/mol. The third-order valence-corrected chi connectivity index (χ3v) is 6.92. The van der Waals surface area contributed by atoms with Crippen LogP contribution in [0.1, 0.15) is 24.8 Å². The van der Waals surface area contributed by atoms with Crippen LogP contribution in [-0.4, -0.2) is 53.6 Å². The standard InChI is InChI=1S/C23H23FN6O3/c1-11-14-5-7-30(21(14)27-10-26-11)22-18(31)23(32)6-4-16(19(23)33-22)28-13-3-2-12-8-15(24)20(25)29-17(12)9-13/h2-3,5,7-10,16,18-19,22,28,31-32H,4,6H2,1H3,(H2,25,29)/t16-,18-,19+,22+,23-/m0/s1. The van der Waals surface area contributed by atoms with Gasteiger partial charge in [0.25, 0.3) is 0 Å². The van der Waals surface area contributed by atoms with Crippen LogP contribution in [0, 0.1) is 12.7 Å². The Labute approximate surface area is 188 Å². The number of ether oxygens (including phenoxy) is 1. The van der Waals surface area contributed by atoms with Crippen molar-refractivity contribution in [2.45, 2.75) is 49.8 Å². The first-order chi connectivity index (χ1) is 15.8. The van der Waals surface area contributed by atoms with E-state index in [4.69, 9.17) is 10.5 Å². The van der Waals surface area contributed by atoms with E-state index in [1.807, 2.05) is 19.1 Å². The maximum absolute atomic E-state index is 13.7. The Morgan fingerprint density at radius 1 is 1.27 bits per heavy atom. The maximum atomic E-state index is 13.7. The van der Waals surface area contributed by atoms with Crippen molar-refractivity contribution in [1.82, 2.24) is 19.5 Å². The normalized spacial score (nSPS) is 29.1. The summed E-state index contributed by atoms with van der Waals surface area (Å²) in [5.74, 6) is -0.709. The zero-order valence-electron chi connectivity index (χ0n) is 17.8. The van der Waals surface area contributed by atoms with Crippen molar-refractivity contribution in [3.8, 4) is 0 Å². The van der Waals surface area contributed by atoms with Crippen LogP contribution in [0.5, 0.6) is 0 Å². The predicted octanol–water partition coefficient (Wildman–Crippen LogP) is 2.27. The molecule has 5 N–H and O–H groups in total. The number of nitrogens with one attached hydrogen (secondary N) is 1. The van der Waals surface area contributed by atoms with Gasteiger partial charge < -0.3 is 30.6 Å². The second-order valence-corrected chi connectivity index (χ2v) is 8.86. The number of rotatable bonds is 3. The van der Waals surface area contributed by atoms with Crippen LogP contribution in [0.25, 0.3) is 21.9 Å². The fourth-order valence-electron chi connectivity index (χ4n) is 5.16. The van der Waals surface area contributed by atoms with Crippen LogP contribution in [0.3, 0.4) is 0 Å². The van der Waals surface area contributed by atoms with Gasteiger partial charge in [0.1, 0.15) is 29.8 Å². The summed E-state index contributed by atoms with van der Waals surface area (Å²) in [5, 5.41) is 27.3. The molecule has 1 saturated carbocycles. The number of hydrogen-bond acceptors (Lipinski definition) is 8. The number of aliphatic hydroxyl groups excluding tert-OH is 1. The quantitative estimate of drug-likeness (QED) is 0.374. The van der Waals surface area contributed by atoms with Gasteiger partial charge in [0.2, 0.25) is 0 Å². The number of aliphatic hydroxyl groups is 2. The van der Waals surface area contributed by atoms with Gasteiger partial charge in [0.15, 0.2) is 17.9 Å². The van der Waals surface area contributed by atoms with Gasteiger partial charge in [-0.3, -0.25) is 0 Å². The summed E-state index contributed by atoms with van der Waals surface area (Å²) in [5.41, 5.74) is 6.99. The largest absolute Gasteiger partial charge is 0.385 e. The minimum Gasteiger partial charge on any atom is -0.385 e. The van der Waals surface area contributed by atoms with Gasteiger partial charge in [0, 0.05) is 22.7 Å². The highest BCUT2D eigenvalue weighted by atomic mass is 19.1. The Bertz CT molecular complexity index is 1390. The van der Waals surface area contributed by atoms with E-state index in [-0.39, 0.29) is 11.9 Å². The molecule has 1 aliphatic heterocycles. The molecule has 170 valence electrons. The summed E-state index contributed by atoms with van der Waals surface area (Å²) in [7, 11) is 0. The first-order valence-corrected chi connectivity index (χ1v) is 10.8. The van der Waals surface area contributed by atoms with E-state index in [0.29, 0.717) is 29.4 Å². The Kier molecular flexibility index (Phi) is 4.35. The minimum absolute atomic E-state index is 0.155. The lowest BCUT2D eigenvalue weighted by Crippen LogP contribution is -2.47. The molecule has 2 aliphatic rings. The number of pyridine rings is 1. The third kappa shape index (κ3) is 2.98. The van der Waals surface area contributed by atoms with E-state index >= 15 is 0 Å². The molecule has 6 rings (SSSR count). The molecular formula is C23H23FN6O3. The Balaban J connectivity index is 1.29. The Hall–Kier alpha value is -3.34. The number of nitrogens with two attached hydrogens (primary N) is 1. The van der Waals surface area contributed by atoms with Crippen molar-refractivity contribution in [2.24, 2.45) is 0 Å². The SMILES string of the molecule is Cc1ncnc2c1ccn2[C@@H]1O[C@@H]2[C@@H](Nc3ccc4cc(F)c(N)nc4c3)CC[C@]2(O)[C@H]1O. The van der Waals surface area contributed by atoms with E-state index < -0.39 is 29.9 Å². The van der Waals surface area contributed by atoms with Crippen molar-refractivity contribution in [2.75, 3.05) is 11.1 Å². The van der Waals surface area contributed by atoms with Gasteiger partial charge in [-0.05, 0) is 44.0 Å². The molecule has 10 heteroatoms. The van der Waals surface area contributed by atoms with Crippen LogP contribution in [0.2, 0.25) is 0 Å². The summed E-state index contributed by atoms with van der Waals surface area (Å²) in [4.78, 5) is 12.7. The van der Waals surface area contributed by atoms with Gasteiger partial charge in [-0.25, -0.2) is 19.3 Å². The summed E-state index contributed by atoms with van der Waals surface area (Å²) in [6.07, 6.45) is 1.71. The zero-order valence-corrected chi connectivity index (χ0v) is 17.8. The van der Waals surface area contributed by atoms with E-state index in [2.05, 4.69) is 20.3 Å². The molecule has 0 bridgehead atoms. The van der Waals surface area contributed by atoms with Gasteiger partial charge >= 0.3 is 0 Å². The number of hydrogen-bond donors (Lipinski definition) is 4. The Morgan fingerprint density at radius 3 is 2.97 bits per heavy atom. The molecule has 0 radical (unpaired) electrons. The Morgan fingerprint density at radius 2 is 2.12 bits per heavy atom. The molecule has 3 aromatic heterocycles. The van der Waals surface area contributed by atoms with Crippen LogP contribution in [0.15, 0.2) is 42.9 Å². The molecule has 1 aromatic carbocycles. The number of fused-ring (bicyclic) bond motifs is 3. The van der Waals surface area contributed by atoms with Crippen LogP contribution >= 0.6 is 0 Å². The molecule has 2 fully saturated rings. The monoisotopic (exact) mass is 450 g/mol. The summed E-state index contributed by atoms with van der Waals surface area (Å²) in [6, 6.07) is 8.34. The molecule has 33 heavy (non-hydrogen) atoms. The van der Waals surface area contributed by atoms with E-state index in [9.17, 15) is 14.6 Å². The lowest BCUT2D eigenvalue weighted by Gasteiger charge is -2.26. The van der Waals surface area contributed by atoms with E-state index in [0.717, 1.165) is 16.8 Å². The molecule has 0 amide bonds. The van der Waals surface area contributed by atoms with Crippen molar-refractivity contribution in [1.29, 1.82) is 0 Å². The predicted molar refractivity (Wildman–Crippen MR) is 120 cm³/mol. The fraction of sp³-hybridized carbons (Fsp3) is 0.348. The molecule has 1 aliphatic carbocycles. The fourth-order valence-corrected chi connectivity index (χ4v) is 5.16. The van der Waals surface area contributed by atoms with Gasteiger partial charge in [0.05, 0.1) is 17.3 Å². The van der Waals surface area contributed by atoms with Crippen molar-refractivity contribution >= 4 is 33.4 Å². The summed E-state index contributed by atoms with van der Waals surface area (Å²) in [6.45, 7) is 1.89. The number of nitrogen functional groups attached to an aromatic ring is 1. The van der Waals surface area contributed by atoms with Crippen molar-refractivity contribution in [3.63, 3.8) is 0 Å². The number of nitrogens with zero attached hydrogens (tertiary/aromatic N) is 4. The number of benzene rings is 1. The smallest absolute Gasteiger partial charge is 0.165 e. The molecule has 5 atom stereocenters. The van der Waals surface area contributed by atoms with Crippen LogP contribution < -0.4 is 11.1 Å². The van der Waals surface area contributed by atoms with E-state index in [1.54, 1.807) is 22.9 Å². The van der Waals surface area contributed by atoms with Crippen LogP contribution in [-0.2, 0) is 4.74 Å². The number of halogens is 1. The number of aromatic nitrogens is 4. The molecule has 4 aromatic rings. The molecule has 0 unspecified atom stereocenters. The van der Waals surface area contributed by atoms with Gasteiger partial charge in [-0.2, -0.15) is 0 Å². The highest BCUT2D eigenvalue weighted by molar-refractivity contribution is 5.83. The second-order valence-electron chi connectivity index (χ2n) is 8.86. The number of anilines is 2. The molecule has 4 heterocycles. The molecule has 0 spiro atoms. The molecular weight excluding hydrogens is 427 g/mol. The first kappa shape index (κ1) is 20.3. The highest BCUT2D eigenvalue weighted by Crippen LogP contribution is 2.48.